The minimum atomic E-state index is -0.613. The highest BCUT2D eigenvalue weighted by Gasteiger charge is 2.24. The maximum atomic E-state index is 12.9. The fourth-order valence-corrected chi connectivity index (χ4v) is 2.64. The molecule has 2 nitrogen and oxygen atoms in total. The van der Waals surface area contributed by atoms with Crippen LogP contribution in [0.1, 0.15) is 31.9 Å². The summed E-state index contributed by atoms with van der Waals surface area (Å²) in [6.45, 7) is 2.09. The van der Waals surface area contributed by atoms with Crippen LogP contribution in [0.5, 0.6) is 0 Å². The Morgan fingerprint density at radius 1 is 1.64 bits per heavy atom. The first kappa shape index (κ1) is 9.90. The Hall–Kier alpha value is -0.640. The van der Waals surface area contributed by atoms with E-state index >= 15 is 0 Å². The second kappa shape index (κ2) is 4.26. The zero-order valence-corrected chi connectivity index (χ0v) is 9.11. The summed E-state index contributed by atoms with van der Waals surface area (Å²) in [4.78, 5) is 4.40. The predicted octanol–water partition coefficient (Wildman–Crippen LogP) is 3.01. The average Bonchev–Trinajstić information content (AvgIpc) is 2.76. The van der Waals surface area contributed by atoms with Gasteiger partial charge in [-0.2, -0.15) is 0 Å². The van der Waals surface area contributed by atoms with E-state index in [4.69, 9.17) is 0 Å². The van der Waals surface area contributed by atoms with Crippen LogP contribution in [0.15, 0.2) is 5.38 Å². The van der Waals surface area contributed by atoms with Crippen molar-refractivity contribution in [1.82, 2.24) is 4.98 Å². The molecule has 2 rings (SSSR count). The van der Waals surface area contributed by atoms with E-state index in [0.29, 0.717) is 18.9 Å². The van der Waals surface area contributed by atoms with Crippen LogP contribution in [-0.2, 0) is 6.42 Å². The molecule has 1 saturated carbocycles. The quantitative estimate of drug-likeness (QED) is 0.836. The van der Waals surface area contributed by atoms with Gasteiger partial charge in [0.15, 0.2) is 5.13 Å². The van der Waals surface area contributed by atoms with E-state index < -0.39 is 6.17 Å². The van der Waals surface area contributed by atoms with Gasteiger partial charge < -0.3 is 5.32 Å². The second-order valence-corrected chi connectivity index (χ2v) is 4.61. The lowest BCUT2D eigenvalue weighted by Gasteiger charge is -2.09. The molecule has 0 bridgehead atoms. The van der Waals surface area contributed by atoms with Crippen molar-refractivity contribution >= 4 is 16.5 Å². The van der Waals surface area contributed by atoms with Crippen LogP contribution in [0, 0.1) is 0 Å². The number of aryl methyl sites for hydroxylation is 1. The largest absolute Gasteiger partial charge is 0.359 e. The molecule has 1 aromatic rings. The predicted molar refractivity (Wildman–Crippen MR) is 57.6 cm³/mol. The van der Waals surface area contributed by atoms with Gasteiger partial charge in [-0.3, -0.25) is 0 Å². The summed E-state index contributed by atoms with van der Waals surface area (Å²) in [7, 11) is 0. The van der Waals surface area contributed by atoms with Gasteiger partial charge in [-0.25, -0.2) is 9.37 Å². The number of hydrogen-bond donors (Lipinski definition) is 1. The van der Waals surface area contributed by atoms with Gasteiger partial charge in [0, 0.05) is 11.4 Å². The van der Waals surface area contributed by atoms with E-state index in [2.05, 4.69) is 22.6 Å². The Kier molecular flexibility index (Phi) is 3.01. The smallest absolute Gasteiger partial charge is 0.183 e. The summed E-state index contributed by atoms with van der Waals surface area (Å²) in [5.41, 5.74) is 1.12. The molecule has 1 aliphatic rings. The molecule has 0 radical (unpaired) electrons. The minimum absolute atomic E-state index is 0.292. The van der Waals surface area contributed by atoms with Crippen molar-refractivity contribution in [2.75, 3.05) is 5.32 Å². The Morgan fingerprint density at radius 2 is 2.50 bits per heavy atom. The second-order valence-electron chi connectivity index (χ2n) is 3.75. The van der Waals surface area contributed by atoms with Gasteiger partial charge >= 0.3 is 0 Å². The lowest BCUT2D eigenvalue weighted by Crippen LogP contribution is -2.15. The molecule has 2 atom stereocenters. The van der Waals surface area contributed by atoms with E-state index in [-0.39, 0.29) is 0 Å². The zero-order valence-electron chi connectivity index (χ0n) is 8.29. The van der Waals surface area contributed by atoms with E-state index in [1.807, 2.05) is 0 Å². The third kappa shape index (κ3) is 2.23. The van der Waals surface area contributed by atoms with Crippen molar-refractivity contribution in [1.29, 1.82) is 0 Å². The topological polar surface area (TPSA) is 24.9 Å². The Bertz CT molecular complexity index is 300. The first-order chi connectivity index (χ1) is 6.78. The summed E-state index contributed by atoms with van der Waals surface area (Å²) >= 11 is 1.62. The third-order valence-electron chi connectivity index (χ3n) is 2.61. The monoisotopic (exact) mass is 214 g/mol. The molecule has 1 aliphatic carbocycles. The average molecular weight is 214 g/mol. The van der Waals surface area contributed by atoms with Crippen LogP contribution in [-0.4, -0.2) is 17.2 Å². The fourth-order valence-electron chi connectivity index (χ4n) is 1.77. The molecule has 1 heterocycles. The minimum Gasteiger partial charge on any atom is -0.359 e. The van der Waals surface area contributed by atoms with Crippen LogP contribution in [0.2, 0.25) is 0 Å². The Labute approximate surface area is 87.6 Å². The molecular formula is C10H15FN2S. The number of nitrogens with one attached hydrogen (secondary N) is 1. The number of anilines is 1. The molecule has 4 heteroatoms. The summed E-state index contributed by atoms with van der Waals surface area (Å²) < 4.78 is 12.9. The Balaban J connectivity index is 1.90. The van der Waals surface area contributed by atoms with Gasteiger partial charge in [-0.15, -0.1) is 11.3 Å². The molecule has 14 heavy (non-hydrogen) atoms. The molecule has 78 valence electrons. The summed E-state index contributed by atoms with van der Waals surface area (Å²) in [5.74, 6) is 0. The van der Waals surface area contributed by atoms with E-state index in [1.54, 1.807) is 11.3 Å². The Morgan fingerprint density at radius 3 is 3.07 bits per heavy atom. The molecule has 0 spiro atoms. The summed E-state index contributed by atoms with van der Waals surface area (Å²) in [6.07, 6.45) is 2.62. The first-order valence-corrected chi connectivity index (χ1v) is 6.01. The summed E-state index contributed by atoms with van der Waals surface area (Å²) in [5, 5.41) is 6.30. The maximum absolute atomic E-state index is 12.9. The number of thiazole rings is 1. The van der Waals surface area contributed by atoms with Crippen LogP contribution in [0.3, 0.4) is 0 Å². The van der Waals surface area contributed by atoms with Crippen molar-refractivity contribution in [3.8, 4) is 0 Å². The normalized spacial score (nSPS) is 26.7. The zero-order chi connectivity index (χ0) is 9.97. The standard InChI is InChI=1S/C10H15FN2S/c1-2-8-6-14-10(12-8)13-9-4-3-7(11)5-9/h6-7,9H,2-5H2,1H3,(H,12,13). The number of nitrogens with zero attached hydrogens (tertiary/aromatic N) is 1. The molecule has 2 unspecified atom stereocenters. The molecular weight excluding hydrogens is 199 g/mol. The van der Waals surface area contributed by atoms with Gasteiger partial charge in [0.05, 0.1) is 5.69 Å². The highest BCUT2D eigenvalue weighted by molar-refractivity contribution is 7.13. The van der Waals surface area contributed by atoms with Gasteiger partial charge in [0.1, 0.15) is 6.17 Å². The maximum Gasteiger partial charge on any atom is 0.183 e. The molecule has 1 fully saturated rings. The number of hydrogen-bond acceptors (Lipinski definition) is 3. The molecule has 0 aliphatic heterocycles. The van der Waals surface area contributed by atoms with Crippen molar-refractivity contribution < 1.29 is 4.39 Å². The lowest BCUT2D eigenvalue weighted by molar-refractivity contribution is 0.341. The number of halogens is 1. The van der Waals surface area contributed by atoms with Gasteiger partial charge in [0.25, 0.3) is 0 Å². The van der Waals surface area contributed by atoms with Crippen molar-refractivity contribution in [2.24, 2.45) is 0 Å². The van der Waals surface area contributed by atoms with E-state index in [1.165, 1.54) is 0 Å². The van der Waals surface area contributed by atoms with Gasteiger partial charge in [-0.1, -0.05) is 6.92 Å². The number of rotatable bonds is 3. The highest BCUT2D eigenvalue weighted by Crippen LogP contribution is 2.26. The number of aromatic nitrogens is 1. The van der Waals surface area contributed by atoms with Crippen molar-refractivity contribution in [3.63, 3.8) is 0 Å². The SMILES string of the molecule is CCc1csc(NC2CCC(F)C2)n1. The fraction of sp³-hybridized carbons (Fsp3) is 0.700. The van der Waals surface area contributed by atoms with E-state index in [0.717, 1.165) is 23.7 Å². The molecule has 0 amide bonds. The van der Waals surface area contributed by atoms with Crippen LogP contribution < -0.4 is 5.32 Å². The van der Waals surface area contributed by atoms with E-state index in [9.17, 15) is 4.39 Å². The number of alkyl halides is 1. The van der Waals surface area contributed by atoms with Crippen molar-refractivity contribution in [3.05, 3.63) is 11.1 Å². The first-order valence-electron chi connectivity index (χ1n) is 5.13. The molecule has 1 N–H and O–H groups in total. The van der Waals surface area contributed by atoms with Gasteiger partial charge in [-0.05, 0) is 25.7 Å². The lowest BCUT2D eigenvalue weighted by atomic mass is 10.2. The van der Waals surface area contributed by atoms with Gasteiger partial charge in [0.2, 0.25) is 0 Å². The molecule has 1 aromatic heterocycles. The van der Waals surface area contributed by atoms with Crippen molar-refractivity contribution in [2.45, 2.75) is 44.8 Å². The highest BCUT2D eigenvalue weighted by atomic mass is 32.1. The molecule has 0 aromatic carbocycles. The molecule has 0 saturated heterocycles. The van der Waals surface area contributed by atoms with Crippen LogP contribution >= 0.6 is 11.3 Å². The van der Waals surface area contributed by atoms with Crippen LogP contribution in [0.4, 0.5) is 9.52 Å². The van der Waals surface area contributed by atoms with Crippen LogP contribution in [0.25, 0.3) is 0 Å². The third-order valence-corrected chi connectivity index (χ3v) is 3.43. The summed E-state index contributed by atoms with van der Waals surface area (Å²) in [6, 6.07) is 0.292.